The Labute approximate surface area is 101 Å². The SMILES string of the molecule is CCc1nn(C2CS(=O)(=O)C2)c2c1CCNC2. The lowest BCUT2D eigenvalue weighted by Crippen LogP contribution is -2.40. The van der Waals surface area contributed by atoms with Gasteiger partial charge in [-0.05, 0) is 24.9 Å². The van der Waals surface area contributed by atoms with Crippen LogP contribution in [0.5, 0.6) is 0 Å². The molecule has 0 atom stereocenters. The van der Waals surface area contributed by atoms with Crippen LogP contribution in [0.2, 0.25) is 0 Å². The highest BCUT2D eigenvalue weighted by molar-refractivity contribution is 7.92. The van der Waals surface area contributed by atoms with Crippen molar-refractivity contribution in [3.8, 4) is 0 Å². The average Bonchev–Trinajstić information content (AvgIpc) is 2.64. The van der Waals surface area contributed by atoms with Crippen molar-refractivity contribution < 1.29 is 8.42 Å². The number of hydrogen-bond donors (Lipinski definition) is 1. The van der Waals surface area contributed by atoms with Gasteiger partial charge in [-0.1, -0.05) is 6.92 Å². The summed E-state index contributed by atoms with van der Waals surface area (Å²) in [5, 5.41) is 7.94. The first kappa shape index (κ1) is 11.2. The van der Waals surface area contributed by atoms with Gasteiger partial charge in [0.25, 0.3) is 0 Å². The molecule has 1 N–H and O–H groups in total. The van der Waals surface area contributed by atoms with Crippen LogP contribution in [-0.4, -0.2) is 36.2 Å². The van der Waals surface area contributed by atoms with Crippen LogP contribution < -0.4 is 5.32 Å². The lowest BCUT2D eigenvalue weighted by Gasteiger charge is -2.28. The summed E-state index contributed by atoms with van der Waals surface area (Å²) in [6.07, 6.45) is 1.94. The van der Waals surface area contributed by atoms with E-state index >= 15 is 0 Å². The Morgan fingerprint density at radius 2 is 2.24 bits per heavy atom. The maximum atomic E-state index is 11.3. The molecule has 0 radical (unpaired) electrons. The van der Waals surface area contributed by atoms with Crippen molar-refractivity contribution in [1.82, 2.24) is 15.1 Å². The quantitative estimate of drug-likeness (QED) is 0.811. The smallest absolute Gasteiger partial charge is 0.154 e. The summed E-state index contributed by atoms with van der Waals surface area (Å²) in [5.74, 6) is 0.508. The van der Waals surface area contributed by atoms with E-state index < -0.39 is 9.84 Å². The van der Waals surface area contributed by atoms with E-state index in [0.29, 0.717) is 0 Å². The molecule has 0 spiro atoms. The van der Waals surface area contributed by atoms with E-state index in [0.717, 1.165) is 31.6 Å². The highest BCUT2D eigenvalue weighted by Gasteiger charge is 2.37. The lowest BCUT2D eigenvalue weighted by atomic mass is 10.0. The number of sulfone groups is 1. The zero-order chi connectivity index (χ0) is 12.0. The zero-order valence-electron chi connectivity index (χ0n) is 9.94. The van der Waals surface area contributed by atoms with Gasteiger partial charge in [0, 0.05) is 6.54 Å². The van der Waals surface area contributed by atoms with Crippen molar-refractivity contribution in [3.63, 3.8) is 0 Å². The van der Waals surface area contributed by atoms with E-state index in [1.807, 2.05) is 4.68 Å². The minimum atomic E-state index is -2.78. The number of aryl methyl sites for hydroxylation is 1. The van der Waals surface area contributed by atoms with Crippen LogP contribution in [-0.2, 0) is 29.2 Å². The minimum Gasteiger partial charge on any atom is -0.311 e. The molecule has 1 saturated heterocycles. The standard InChI is InChI=1S/C11H17N3O2S/c1-2-10-9-3-4-12-5-11(9)14(13-10)8-6-17(15,16)7-8/h8,12H,2-7H2,1H3. The summed E-state index contributed by atoms with van der Waals surface area (Å²) in [6, 6.07) is 0.0638. The molecule has 2 aliphatic rings. The van der Waals surface area contributed by atoms with E-state index in [1.165, 1.54) is 11.3 Å². The average molecular weight is 255 g/mol. The van der Waals surface area contributed by atoms with Gasteiger partial charge in [0.15, 0.2) is 9.84 Å². The highest BCUT2D eigenvalue weighted by Crippen LogP contribution is 2.28. The molecule has 0 amide bonds. The van der Waals surface area contributed by atoms with Gasteiger partial charge in [0.2, 0.25) is 0 Å². The second-order valence-electron chi connectivity index (χ2n) is 4.83. The molecule has 94 valence electrons. The fourth-order valence-electron chi connectivity index (χ4n) is 2.72. The predicted molar refractivity (Wildman–Crippen MR) is 64.7 cm³/mol. The molecule has 5 nitrogen and oxygen atoms in total. The second kappa shape index (κ2) is 3.81. The summed E-state index contributed by atoms with van der Waals surface area (Å²) >= 11 is 0. The van der Waals surface area contributed by atoms with E-state index in [1.54, 1.807) is 0 Å². The summed E-state index contributed by atoms with van der Waals surface area (Å²) in [4.78, 5) is 0. The molecule has 3 rings (SSSR count). The molecule has 2 aliphatic heterocycles. The van der Waals surface area contributed by atoms with Gasteiger partial charge in [-0.3, -0.25) is 4.68 Å². The molecule has 1 aromatic rings. The van der Waals surface area contributed by atoms with Crippen LogP contribution in [0, 0.1) is 0 Å². The first-order valence-corrected chi connectivity index (χ1v) is 7.93. The summed E-state index contributed by atoms with van der Waals surface area (Å²) < 4.78 is 24.5. The molecule has 0 bridgehead atoms. The van der Waals surface area contributed by atoms with Gasteiger partial charge >= 0.3 is 0 Å². The summed E-state index contributed by atoms with van der Waals surface area (Å²) in [5.41, 5.74) is 3.69. The van der Waals surface area contributed by atoms with Crippen molar-refractivity contribution in [2.75, 3.05) is 18.1 Å². The topological polar surface area (TPSA) is 64.0 Å². The fourth-order valence-corrected chi connectivity index (χ4v) is 4.07. The summed E-state index contributed by atoms with van der Waals surface area (Å²) in [6.45, 7) is 3.92. The van der Waals surface area contributed by atoms with Crippen molar-refractivity contribution in [1.29, 1.82) is 0 Å². The molecule has 1 aromatic heterocycles. The molecule has 1 fully saturated rings. The fraction of sp³-hybridized carbons (Fsp3) is 0.727. The van der Waals surface area contributed by atoms with Crippen LogP contribution >= 0.6 is 0 Å². The zero-order valence-corrected chi connectivity index (χ0v) is 10.8. The molecule has 0 aliphatic carbocycles. The number of aromatic nitrogens is 2. The predicted octanol–water partition coefficient (Wildman–Crippen LogP) is 0.0607. The van der Waals surface area contributed by atoms with E-state index in [9.17, 15) is 8.42 Å². The number of nitrogens with zero attached hydrogens (tertiary/aromatic N) is 2. The largest absolute Gasteiger partial charge is 0.311 e. The van der Waals surface area contributed by atoms with Gasteiger partial charge in [-0.25, -0.2) is 8.42 Å². The van der Waals surface area contributed by atoms with Crippen LogP contribution in [0.1, 0.15) is 29.9 Å². The molecule has 17 heavy (non-hydrogen) atoms. The molecular weight excluding hydrogens is 238 g/mol. The molecule has 0 saturated carbocycles. The Hall–Kier alpha value is -0.880. The van der Waals surface area contributed by atoms with Crippen LogP contribution in [0.15, 0.2) is 0 Å². The molecular formula is C11H17N3O2S. The molecule has 0 aromatic carbocycles. The van der Waals surface area contributed by atoms with Gasteiger partial charge in [-0.15, -0.1) is 0 Å². The third-order valence-corrected chi connectivity index (χ3v) is 5.40. The number of nitrogens with one attached hydrogen (secondary N) is 1. The van der Waals surface area contributed by atoms with Crippen LogP contribution in [0.3, 0.4) is 0 Å². The molecule has 3 heterocycles. The van der Waals surface area contributed by atoms with Crippen LogP contribution in [0.25, 0.3) is 0 Å². The van der Waals surface area contributed by atoms with Crippen LogP contribution in [0.4, 0.5) is 0 Å². The Morgan fingerprint density at radius 3 is 2.88 bits per heavy atom. The lowest BCUT2D eigenvalue weighted by molar-refractivity contribution is 0.447. The maximum absolute atomic E-state index is 11.3. The number of rotatable bonds is 2. The van der Waals surface area contributed by atoms with Gasteiger partial charge in [0.1, 0.15) is 0 Å². The Morgan fingerprint density at radius 1 is 1.47 bits per heavy atom. The van der Waals surface area contributed by atoms with Crippen molar-refractivity contribution in [2.45, 2.75) is 32.4 Å². The van der Waals surface area contributed by atoms with Gasteiger partial charge < -0.3 is 5.32 Å². The Bertz CT molecular complexity index is 535. The van der Waals surface area contributed by atoms with Crippen molar-refractivity contribution >= 4 is 9.84 Å². The summed E-state index contributed by atoms with van der Waals surface area (Å²) in [7, 11) is -2.78. The molecule has 0 unspecified atom stereocenters. The Kier molecular flexibility index (Phi) is 2.52. The molecule has 6 heteroatoms. The van der Waals surface area contributed by atoms with E-state index in [-0.39, 0.29) is 17.5 Å². The van der Waals surface area contributed by atoms with Gasteiger partial charge in [0.05, 0.1) is 28.9 Å². The normalized spacial score (nSPS) is 23.1. The Balaban J connectivity index is 1.97. The first-order chi connectivity index (χ1) is 8.11. The minimum absolute atomic E-state index is 0.0638. The van der Waals surface area contributed by atoms with E-state index in [4.69, 9.17) is 0 Å². The maximum Gasteiger partial charge on any atom is 0.154 e. The van der Waals surface area contributed by atoms with Crippen molar-refractivity contribution in [2.24, 2.45) is 0 Å². The van der Waals surface area contributed by atoms with Crippen molar-refractivity contribution in [3.05, 3.63) is 17.0 Å². The monoisotopic (exact) mass is 255 g/mol. The van der Waals surface area contributed by atoms with E-state index in [2.05, 4.69) is 17.3 Å². The second-order valence-corrected chi connectivity index (χ2v) is 6.98. The third kappa shape index (κ3) is 1.79. The number of hydrogen-bond acceptors (Lipinski definition) is 4. The van der Waals surface area contributed by atoms with Gasteiger partial charge in [-0.2, -0.15) is 5.10 Å². The third-order valence-electron chi connectivity index (χ3n) is 3.62. The number of fused-ring (bicyclic) bond motifs is 1. The highest BCUT2D eigenvalue weighted by atomic mass is 32.2. The first-order valence-electron chi connectivity index (χ1n) is 6.11.